The third kappa shape index (κ3) is 11.2. The summed E-state index contributed by atoms with van der Waals surface area (Å²) in [5, 5.41) is 19.4. The number of hydrogen-bond acceptors (Lipinski definition) is 4. The number of aliphatic hydroxyl groups is 2. The quantitative estimate of drug-likeness (QED) is 0.507. The number of ether oxygens (including phenoxy) is 1. The van der Waals surface area contributed by atoms with Crippen LogP contribution in [0.25, 0.3) is 0 Å². The molecule has 0 fully saturated rings. The smallest absolute Gasteiger partial charge is 0.302 e. The first-order chi connectivity index (χ1) is 9.62. The molecule has 0 saturated heterocycles. The van der Waals surface area contributed by atoms with Crippen molar-refractivity contribution in [2.75, 3.05) is 6.61 Å². The van der Waals surface area contributed by atoms with Gasteiger partial charge in [-0.3, -0.25) is 4.79 Å². The van der Waals surface area contributed by atoms with Crippen molar-refractivity contribution in [1.82, 2.24) is 0 Å². The molecular weight excluding hydrogens is 268 g/mol. The average Bonchev–Trinajstić information content (AvgIpc) is 2.34. The predicted molar refractivity (Wildman–Crippen MR) is 84.9 cm³/mol. The molecule has 0 rings (SSSR count). The number of rotatable bonds is 9. The fourth-order valence-electron chi connectivity index (χ4n) is 1.77. The molecule has 21 heavy (non-hydrogen) atoms. The van der Waals surface area contributed by atoms with Crippen LogP contribution in [-0.4, -0.2) is 34.5 Å². The minimum Gasteiger partial charge on any atom is -0.462 e. The lowest BCUT2D eigenvalue weighted by atomic mass is 9.95. The van der Waals surface area contributed by atoms with Gasteiger partial charge in [0.25, 0.3) is 0 Å². The van der Waals surface area contributed by atoms with E-state index < -0.39 is 11.7 Å². The summed E-state index contributed by atoms with van der Waals surface area (Å²) in [7, 11) is 0. The SMILES string of the molecule is CC(=O)OC/C=C(\C)CC/C=C(\C)CC[C@@H](O)C(C)(C)O. The minimum atomic E-state index is -1.05. The molecule has 0 aliphatic rings. The van der Waals surface area contributed by atoms with E-state index in [9.17, 15) is 15.0 Å². The second kappa shape index (κ2) is 9.74. The van der Waals surface area contributed by atoms with E-state index >= 15 is 0 Å². The lowest BCUT2D eigenvalue weighted by molar-refractivity contribution is -0.139. The van der Waals surface area contributed by atoms with Crippen LogP contribution in [0.3, 0.4) is 0 Å². The Hall–Kier alpha value is -1.13. The van der Waals surface area contributed by atoms with Crippen molar-refractivity contribution in [3.8, 4) is 0 Å². The molecule has 0 aromatic heterocycles. The first-order valence-corrected chi connectivity index (χ1v) is 7.48. The molecule has 0 aromatic rings. The maximum absolute atomic E-state index is 10.6. The van der Waals surface area contributed by atoms with Crippen LogP contribution in [0.15, 0.2) is 23.3 Å². The number of esters is 1. The Bertz CT molecular complexity index is 375. The van der Waals surface area contributed by atoms with Crippen molar-refractivity contribution in [3.63, 3.8) is 0 Å². The number of carbonyl (C=O) groups is 1. The Labute approximate surface area is 128 Å². The Morgan fingerprint density at radius 1 is 1.14 bits per heavy atom. The normalized spacial score (nSPS) is 15.0. The topological polar surface area (TPSA) is 66.8 Å². The summed E-state index contributed by atoms with van der Waals surface area (Å²) in [5.41, 5.74) is 1.36. The van der Waals surface area contributed by atoms with Gasteiger partial charge in [0.05, 0.1) is 11.7 Å². The highest BCUT2D eigenvalue weighted by Gasteiger charge is 2.23. The molecule has 0 aromatic carbocycles. The van der Waals surface area contributed by atoms with Gasteiger partial charge in [0.15, 0.2) is 0 Å². The summed E-state index contributed by atoms with van der Waals surface area (Å²) >= 11 is 0. The third-order valence-corrected chi connectivity index (χ3v) is 3.38. The third-order valence-electron chi connectivity index (χ3n) is 3.38. The lowest BCUT2D eigenvalue weighted by Crippen LogP contribution is -2.35. The van der Waals surface area contributed by atoms with Gasteiger partial charge in [0.1, 0.15) is 6.61 Å². The zero-order chi connectivity index (χ0) is 16.5. The van der Waals surface area contributed by atoms with E-state index in [0.717, 1.165) is 19.3 Å². The Balaban J connectivity index is 3.99. The molecule has 0 spiro atoms. The molecule has 0 amide bonds. The molecule has 0 bridgehead atoms. The van der Waals surface area contributed by atoms with Gasteiger partial charge >= 0.3 is 5.97 Å². The van der Waals surface area contributed by atoms with Crippen LogP contribution >= 0.6 is 0 Å². The van der Waals surface area contributed by atoms with Crippen LogP contribution in [0.5, 0.6) is 0 Å². The molecular formula is C17H30O4. The molecule has 4 nitrogen and oxygen atoms in total. The van der Waals surface area contributed by atoms with Gasteiger partial charge in [-0.15, -0.1) is 0 Å². The molecule has 0 unspecified atom stereocenters. The standard InChI is InChI=1S/C17H30O4/c1-13(9-10-16(19)17(4,5)20)7-6-8-14(2)11-12-21-15(3)18/h7,11,16,19-20H,6,8-10,12H2,1-5H3/b13-7+,14-11+/t16-/m1/s1. The summed E-state index contributed by atoms with van der Waals surface area (Å²) in [5.74, 6) is -0.264. The van der Waals surface area contributed by atoms with Gasteiger partial charge in [0, 0.05) is 6.92 Å². The van der Waals surface area contributed by atoms with E-state index in [-0.39, 0.29) is 5.97 Å². The van der Waals surface area contributed by atoms with Crippen molar-refractivity contribution in [2.45, 2.75) is 72.0 Å². The monoisotopic (exact) mass is 298 g/mol. The maximum Gasteiger partial charge on any atom is 0.302 e. The molecule has 0 aliphatic carbocycles. The highest BCUT2D eigenvalue weighted by Crippen LogP contribution is 2.17. The van der Waals surface area contributed by atoms with Crippen molar-refractivity contribution in [2.24, 2.45) is 0 Å². The summed E-state index contributed by atoms with van der Waals surface area (Å²) in [6.07, 6.45) is 6.56. The van der Waals surface area contributed by atoms with Crippen molar-refractivity contribution in [3.05, 3.63) is 23.3 Å². The summed E-state index contributed by atoms with van der Waals surface area (Å²) in [4.78, 5) is 10.6. The van der Waals surface area contributed by atoms with E-state index in [1.807, 2.05) is 19.9 Å². The minimum absolute atomic E-state index is 0.264. The largest absolute Gasteiger partial charge is 0.462 e. The van der Waals surface area contributed by atoms with Gasteiger partial charge in [-0.2, -0.15) is 0 Å². The molecule has 1 atom stereocenters. The number of aliphatic hydroxyl groups excluding tert-OH is 1. The second-order valence-electron chi connectivity index (χ2n) is 6.15. The highest BCUT2D eigenvalue weighted by atomic mass is 16.5. The van der Waals surface area contributed by atoms with Crippen LogP contribution in [0.4, 0.5) is 0 Å². The van der Waals surface area contributed by atoms with Gasteiger partial charge in [-0.05, 0) is 59.5 Å². The van der Waals surface area contributed by atoms with E-state index in [2.05, 4.69) is 6.08 Å². The maximum atomic E-state index is 10.6. The number of allylic oxidation sites excluding steroid dienone is 3. The van der Waals surface area contributed by atoms with E-state index in [1.165, 1.54) is 18.1 Å². The number of hydrogen-bond donors (Lipinski definition) is 2. The van der Waals surface area contributed by atoms with E-state index in [1.54, 1.807) is 13.8 Å². The molecule has 0 saturated carbocycles. The van der Waals surface area contributed by atoms with Crippen molar-refractivity contribution < 1.29 is 19.7 Å². The van der Waals surface area contributed by atoms with Crippen molar-refractivity contribution >= 4 is 5.97 Å². The van der Waals surface area contributed by atoms with Crippen LogP contribution in [0.1, 0.15) is 60.3 Å². The fourth-order valence-corrected chi connectivity index (χ4v) is 1.77. The Morgan fingerprint density at radius 2 is 1.71 bits per heavy atom. The van der Waals surface area contributed by atoms with Crippen molar-refractivity contribution in [1.29, 1.82) is 0 Å². The summed E-state index contributed by atoms with van der Waals surface area (Å²) in [6, 6.07) is 0. The molecule has 4 heteroatoms. The lowest BCUT2D eigenvalue weighted by Gasteiger charge is -2.24. The van der Waals surface area contributed by atoms with Gasteiger partial charge in [-0.25, -0.2) is 0 Å². The molecule has 0 aliphatic heterocycles. The molecule has 0 heterocycles. The van der Waals surface area contributed by atoms with Gasteiger partial charge < -0.3 is 14.9 Å². The Kier molecular flexibility index (Phi) is 9.22. The summed E-state index contributed by atoms with van der Waals surface area (Å²) in [6.45, 7) is 9.03. The van der Waals surface area contributed by atoms with E-state index in [4.69, 9.17) is 4.74 Å². The van der Waals surface area contributed by atoms with Gasteiger partial charge in [0.2, 0.25) is 0 Å². The van der Waals surface area contributed by atoms with Crippen LogP contribution < -0.4 is 0 Å². The molecule has 0 radical (unpaired) electrons. The zero-order valence-corrected chi connectivity index (χ0v) is 14.0. The fraction of sp³-hybridized carbons (Fsp3) is 0.706. The molecule has 122 valence electrons. The average molecular weight is 298 g/mol. The predicted octanol–water partition coefficient (Wildman–Crippen LogP) is 3.13. The first kappa shape index (κ1) is 19.9. The van der Waals surface area contributed by atoms with E-state index in [0.29, 0.717) is 13.0 Å². The van der Waals surface area contributed by atoms with Gasteiger partial charge in [-0.1, -0.05) is 17.2 Å². The summed E-state index contributed by atoms with van der Waals surface area (Å²) < 4.78 is 4.85. The van der Waals surface area contributed by atoms with Crippen LogP contribution in [-0.2, 0) is 9.53 Å². The Morgan fingerprint density at radius 3 is 2.24 bits per heavy atom. The highest BCUT2D eigenvalue weighted by molar-refractivity contribution is 5.66. The van der Waals surface area contributed by atoms with Crippen LogP contribution in [0, 0.1) is 0 Å². The number of carbonyl (C=O) groups excluding carboxylic acids is 1. The first-order valence-electron chi connectivity index (χ1n) is 7.48. The second-order valence-corrected chi connectivity index (χ2v) is 6.15. The molecule has 2 N–H and O–H groups in total. The zero-order valence-electron chi connectivity index (χ0n) is 14.0. The van der Waals surface area contributed by atoms with Crippen LogP contribution in [0.2, 0.25) is 0 Å².